The fourth-order valence-electron chi connectivity index (χ4n) is 3.00. The molecule has 32 heavy (non-hydrogen) atoms. The van der Waals surface area contributed by atoms with Crippen molar-refractivity contribution in [3.05, 3.63) is 72.9 Å². The van der Waals surface area contributed by atoms with Crippen LogP contribution in [0.5, 0.6) is 0 Å². The molecule has 1 heterocycles. The maximum absolute atomic E-state index is 11.8. The summed E-state index contributed by atoms with van der Waals surface area (Å²) in [5.74, 6) is -0.789. The topological polar surface area (TPSA) is 66.5 Å². The van der Waals surface area contributed by atoms with E-state index in [1.807, 2.05) is 6.08 Å². The van der Waals surface area contributed by atoms with E-state index in [0.717, 1.165) is 44.9 Å². The van der Waals surface area contributed by atoms with E-state index in [-0.39, 0.29) is 24.8 Å². The number of likely N-dealkylation sites (tertiary alicyclic amines) is 1. The Balaban J connectivity index is 2.02. The number of carbonyl (C=O) groups is 3. The predicted molar refractivity (Wildman–Crippen MR) is 132 cm³/mol. The van der Waals surface area contributed by atoms with Gasteiger partial charge in [0.25, 0.3) is 0 Å². The van der Waals surface area contributed by atoms with Gasteiger partial charge in [-0.2, -0.15) is 0 Å². The Hall–Kier alpha value is -2.95. The van der Waals surface area contributed by atoms with Crippen molar-refractivity contribution in [3.63, 3.8) is 0 Å². The first kappa shape index (κ1) is 27.1. The molecule has 0 spiro atoms. The van der Waals surface area contributed by atoms with Crippen molar-refractivity contribution in [2.75, 3.05) is 13.1 Å². The molecule has 0 saturated carbocycles. The minimum atomic E-state index is -0.420. The van der Waals surface area contributed by atoms with Crippen LogP contribution in [0, 0.1) is 0 Å². The van der Waals surface area contributed by atoms with Crippen molar-refractivity contribution < 1.29 is 14.4 Å². The Morgan fingerprint density at radius 1 is 0.750 bits per heavy atom. The third-order valence-corrected chi connectivity index (χ3v) is 4.68. The number of hydrogen-bond donors (Lipinski definition) is 1. The summed E-state index contributed by atoms with van der Waals surface area (Å²) >= 11 is 0. The molecule has 0 aromatic rings. The van der Waals surface area contributed by atoms with Crippen LogP contribution in [0.4, 0.5) is 0 Å². The van der Waals surface area contributed by atoms with Crippen LogP contribution in [-0.4, -0.2) is 35.7 Å². The molecule has 174 valence electrons. The molecular weight excluding hydrogens is 400 g/mol. The quantitative estimate of drug-likeness (QED) is 0.351. The number of allylic oxidation sites excluding steroid dienone is 11. The van der Waals surface area contributed by atoms with E-state index >= 15 is 0 Å². The molecule has 0 radical (unpaired) electrons. The fourth-order valence-corrected chi connectivity index (χ4v) is 3.00. The van der Waals surface area contributed by atoms with Crippen LogP contribution in [0.15, 0.2) is 72.9 Å². The number of hydrogen-bond acceptors (Lipinski definition) is 3. The lowest BCUT2D eigenvalue weighted by atomic mass is 10.2. The molecule has 5 heteroatoms. The van der Waals surface area contributed by atoms with Gasteiger partial charge in [-0.15, -0.1) is 0 Å². The number of imide groups is 1. The fraction of sp³-hybridized carbons (Fsp3) is 0.444. The molecule has 1 N–H and O–H groups in total. The number of carbonyl (C=O) groups excluding carboxylic acids is 3. The van der Waals surface area contributed by atoms with Crippen LogP contribution >= 0.6 is 0 Å². The third-order valence-electron chi connectivity index (χ3n) is 4.68. The highest BCUT2D eigenvalue weighted by Crippen LogP contribution is 2.08. The first-order valence-corrected chi connectivity index (χ1v) is 11.6. The summed E-state index contributed by atoms with van der Waals surface area (Å²) in [6, 6.07) is 0. The molecular formula is C27H38N2O3. The number of nitrogens with one attached hydrogen (secondary N) is 1. The standard InChI is InChI=1S/C27H38N2O3/c1-2-3-4-5-6-7-8-9-10-11-12-13-14-15-16-17-18-19-21-25(30)28-26(31)24-29-23-20-22-27(29)32/h3-4,6-7,9-10,12-13,15-16,18-19H,2,5,8,11,14,17,20-24H2,1H3,(H,28,30,31). The van der Waals surface area contributed by atoms with Gasteiger partial charge in [-0.05, 0) is 44.9 Å². The first-order chi connectivity index (χ1) is 15.6. The summed E-state index contributed by atoms with van der Waals surface area (Å²) in [4.78, 5) is 36.5. The summed E-state index contributed by atoms with van der Waals surface area (Å²) in [6.45, 7) is 2.70. The van der Waals surface area contributed by atoms with Crippen LogP contribution in [-0.2, 0) is 14.4 Å². The zero-order chi connectivity index (χ0) is 23.3. The molecule has 5 nitrogen and oxygen atoms in total. The molecule has 0 unspecified atom stereocenters. The van der Waals surface area contributed by atoms with E-state index in [2.05, 4.69) is 73.0 Å². The number of amides is 3. The van der Waals surface area contributed by atoms with Gasteiger partial charge in [0.1, 0.15) is 0 Å². The molecule has 0 atom stereocenters. The van der Waals surface area contributed by atoms with Gasteiger partial charge in [0.05, 0.1) is 6.54 Å². The monoisotopic (exact) mass is 438 g/mol. The Kier molecular flexibility index (Phi) is 15.9. The van der Waals surface area contributed by atoms with Gasteiger partial charge in [0, 0.05) is 19.4 Å². The second-order valence-electron chi connectivity index (χ2n) is 7.51. The molecule has 1 rings (SSSR count). The van der Waals surface area contributed by atoms with Crippen LogP contribution in [0.3, 0.4) is 0 Å². The molecule has 1 aliphatic heterocycles. The Bertz CT molecular complexity index is 742. The highest BCUT2D eigenvalue weighted by Gasteiger charge is 2.22. The Labute approximate surface area is 193 Å². The van der Waals surface area contributed by atoms with Crippen LogP contribution in [0.1, 0.15) is 64.7 Å². The highest BCUT2D eigenvalue weighted by atomic mass is 16.2. The van der Waals surface area contributed by atoms with Crippen molar-refractivity contribution in [3.8, 4) is 0 Å². The summed E-state index contributed by atoms with van der Waals surface area (Å²) in [5.41, 5.74) is 0. The largest absolute Gasteiger partial charge is 0.333 e. The average Bonchev–Trinajstić information content (AvgIpc) is 3.17. The highest BCUT2D eigenvalue weighted by molar-refractivity contribution is 5.98. The van der Waals surface area contributed by atoms with Gasteiger partial charge < -0.3 is 4.90 Å². The van der Waals surface area contributed by atoms with E-state index in [0.29, 0.717) is 13.0 Å². The molecule has 3 amide bonds. The Morgan fingerprint density at radius 3 is 1.66 bits per heavy atom. The zero-order valence-electron chi connectivity index (χ0n) is 19.4. The summed E-state index contributed by atoms with van der Waals surface area (Å²) in [5, 5.41) is 2.32. The van der Waals surface area contributed by atoms with Crippen LogP contribution in [0.2, 0.25) is 0 Å². The van der Waals surface area contributed by atoms with Gasteiger partial charge in [-0.3, -0.25) is 19.7 Å². The summed E-state index contributed by atoms with van der Waals surface area (Å²) in [7, 11) is 0. The SMILES string of the molecule is CCC=CCC=CCC=CCC=CCC=CCC=CCC(=O)NC(=O)CN1CCCC1=O. The van der Waals surface area contributed by atoms with E-state index in [9.17, 15) is 14.4 Å². The molecule has 0 bridgehead atoms. The zero-order valence-corrected chi connectivity index (χ0v) is 19.4. The summed E-state index contributed by atoms with van der Waals surface area (Å²) < 4.78 is 0. The lowest BCUT2D eigenvalue weighted by molar-refractivity contribution is -0.136. The average molecular weight is 439 g/mol. The molecule has 0 aromatic carbocycles. The maximum atomic E-state index is 11.8. The molecule has 1 saturated heterocycles. The van der Waals surface area contributed by atoms with E-state index < -0.39 is 5.91 Å². The van der Waals surface area contributed by atoms with Crippen LogP contribution in [0.25, 0.3) is 0 Å². The summed E-state index contributed by atoms with van der Waals surface area (Å²) in [6.07, 6.45) is 32.3. The van der Waals surface area contributed by atoms with E-state index in [1.165, 1.54) is 4.90 Å². The minimum absolute atomic E-state index is 0.0236. The van der Waals surface area contributed by atoms with Crippen molar-refractivity contribution in [1.29, 1.82) is 0 Å². The lowest BCUT2D eigenvalue weighted by Crippen LogP contribution is -2.40. The first-order valence-electron chi connectivity index (χ1n) is 11.6. The normalized spacial score (nSPS) is 15.2. The molecule has 1 aliphatic rings. The van der Waals surface area contributed by atoms with Crippen molar-refractivity contribution in [2.45, 2.75) is 64.7 Å². The van der Waals surface area contributed by atoms with Gasteiger partial charge >= 0.3 is 0 Å². The van der Waals surface area contributed by atoms with Gasteiger partial charge in [0.2, 0.25) is 17.7 Å². The molecule has 1 fully saturated rings. The third kappa shape index (κ3) is 14.9. The molecule has 0 aliphatic carbocycles. The smallest absolute Gasteiger partial charge is 0.246 e. The van der Waals surface area contributed by atoms with Gasteiger partial charge in [0.15, 0.2) is 0 Å². The van der Waals surface area contributed by atoms with Crippen molar-refractivity contribution >= 4 is 17.7 Å². The van der Waals surface area contributed by atoms with Crippen molar-refractivity contribution in [1.82, 2.24) is 10.2 Å². The van der Waals surface area contributed by atoms with Crippen LogP contribution < -0.4 is 5.32 Å². The van der Waals surface area contributed by atoms with E-state index in [1.54, 1.807) is 6.08 Å². The molecule has 0 aromatic heterocycles. The van der Waals surface area contributed by atoms with Gasteiger partial charge in [-0.1, -0.05) is 79.8 Å². The second-order valence-corrected chi connectivity index (χ2v) is 7.51. The number of nitrogens with zero attached hydrogens (tertiary/aromatic N) is 1. The lowest BCUT2D eigenvalue weighted by Gasteiger charge is -2.14. The van der Waals surface area contributed by atoms with Crippen molar-refractivity contribution in [2.24, 2.45) is 0 Å². The Morgan fingerprint density at radius 2 is 1.22 bits per heavy atom. The second kappa shape index (κ2) is 18.8. The maximum Gasteiger partial charge on any atom is 0.246 e. The van der Waals surface area contributed by atoms with E-state index in [4.69, 9.17) is 0 Å². The number of rotatable bonds is 15. The predicted octanol–water partition coefficient (Wildman–Crippen LogP) is 5.34. The minimum Gasteiger partial charge on any atom is -0.333 e. The van der Waals surface area contributed by atoms with Gasteiger partial charge in [-0.25, -0.2) is 0 Å².